The largest absolute Gasteiger partial charge is 0.378 e. The maximum Gasteiger partial charge on any atom is 0.0969 e. The fourth-order valence-electron chi connectivity index (χ4n) is 2.95. The summed E-state index contributed by atoms with van der Waals surface area (Å²) in [6.07, 6.45) is 1.94. The number of aromatic nitrogens is 2. The van der Waals surface area contributed by atoms with Crippen LogP contribution in [0.5, 0.6) is 0 Å². The van der Waals surface area contributed by atoms with Gasteiger partial charge in [-0.25, -0.2) is 4.98 Å². The maximum atomic E-state index is 4.54. The first kappa shape index (κ1) is 16.5. The van der Waals surface area contributed by atoms with Gasteiger partial charge in [-0.3, -0.25) is 4.90 Å². The summed E-state index contributed by atoms with van der Waals surface area (Å²) in [5, 5.41) is 0. The first-order chi connectivity index (χ1) is 11.4. The van der Waals surface area contributed by atoms with E-state index in [9.17, 15) is 0 Å². The van der Waals surface area contributed by atoms with E-state index < -0.39 is 0 Å². The zero-order valence-corrected chi connectivity index (χ0v) is 15.2. The molecule has 0 saturated carbocycles. The third-order valence-corrected chi connectivity index (χ3v) is 4.54. The first-order valence-electron chi connectivity index (χ1n) is 8.31. The van der Waals surface area contributed by atoms with Crippen LogP contribution in [0.25, 0.3) is 11.0 Å². The molecular weight excluding hydrogens is 296 g/mol. The Hall–Kier alpha value is -2.33. The molecular formula is C20H26N4. The Bertz CT molecular complexity index is 831. The molecule has 2 aromatic carbocycles. The second kappa shape index (κ2) is 6.65. The molecule has 1 aromatic heterocycles. The summed E-state index contributed by atoms with van der Waals surface area (Å²) >= 11 is 0. The van der Waals surface area contributed by atoms with Gasteiger partial charge in [-0.1, -0.05) is 12.1 Å². The van der Waals surface area contributed by atoms with Crippen LogP contribution in [0, 0.1) is 13.8 Å². The summed E-state index contributed by atoms with van der Waals surface area (Å²) < 4.78 is 2.22. The number of rotatable bonds is 5. The van der Waals surface area contributed by atoms with Gasteiger partial charge < -0.3 is 9.47 Å². The Labute approximate surface area is 144 Å². The molecule has 0 fully saturated rings. The third-order valence-electron chi connectivity index (χ3n) is 4.54. The molecule has 0 aliphatic rings. The summed E-state index contributed by atoms with van der Waals surface area (Å²) in [6, 6.07) is 13.1. The Morgan fingerprint density at radius 1 is 0.958 bits per heavy atom. The lowest BCUT2D eigenvalue weighted by atomic mass is 10.1. The van der Waals surface area contributed by atoms with Crippen LogP contribution in [0.1, 0.15) is 16.7 Å². The van der Waals surface area contributed by atoms with Crippen LogP contribution in [0.15, 0.2) is 42.7 Å². The minimum absolute atomic E-state index is 0.828. The van der Waals surface area contributed by atoms with Crippen molar-refractivity contribution in [2.45, 2.75) is 27.1 Å². The highest BCUT2D eigenvalue weighted by Crippen LogP contribution is 2.19. The fourth-order valence-corrected chi connectivity index (χ4v) is 2.95. The number of benzene rings is 2. The molecule has 1 heterocycles. The Morgan fingerprint density at radius 3 is 2.29 bits per heavy atom. The van der Waals surface area contributed by atoms with Crippen molar-refractivity contribution in [1.82, 2.24) is 14.5 Å². The number of imidazole rings is 1. The molecule has 0 radical (unpaired) electrons. The van der Waals surface area contributed by atoms with Gasteiger partial charge >= 0.3 is 0 Å². The SMILES string of the molecule is Cc1cc2ncn(CN(C)Cc3ccc(N(C)C)cc3)c2cc1C. The molecule has 4 nitrogen and oxygen atoms in total. The van der Waals surface area contributed by atoms with Gasteiger partial charge in [0.05, 0.1) is 24.0 Å². The van der Waals surface area contributed by atoms with Crippen molar-refractivity contribution in [1.29, 1.82) is 0 Å². The summed E-state index contributed by atoms with van der Waals surface area (Å²) in [4.78, 5) is 8.97. The molecule has 0 aliphatic carbocycles. The van der Waals surface area contributed by atoms with Crippen LogP contribution < -0.4 is 4.90 Å². The molecule has 0 spiro atoms. The van der Waals surface area contributed by atoms with Crippen LogP contribution in [0.2, 0.25) is 0 Å². The number of nitrogens with zero attached hydrogens (tertiary/aromatic N) is 4. The molecule has 0 aliphatic heterocycles. The van der Waals surface area contributed by atoms with E-state index >= 15 is 0 Å². The summed E-state index contributed by atoms with van der Waals surface area (Å²) in [5.41, 5.74) is 7.43. The van der Waals surface area contributed by atoms with Gasteiger partial charge in [0.15, 0.2) is 0 Å². The summed E-state index contributed by atoms with van der Waals surface area (Å²) in [7, 11) is 6.27. The normalized spacial score (nSPS) is 11.4. The van der Waals surface area contributed by atoms with E-state index in [0.717, 1.165) is 18.7 Å². The molecule has 0 N–H and O–H groups in total. The van der Waals surface area contributed by atoms with Gasteiger partial charge in [0, 0.05) is 26.3 Å². The van der Waals surface area contributed by atoms with Crippen LogP contribution in [-0.2, 0) is 13.2 Å². The molecule has 4 heteroatoms. The second-order valence-electron chi connectivity index (χ2n) is 6.86. The Kier molecular flexibility index (Phi) is 4.58. The average molecular weight is 322 g/mol. The van der Waals surface area contributed by atoms with Gasteiger partial charge in [0.2, 0.25) is 0 Å². The quantitative estimate of drug-likeness (QED) is 0.714. The molecule has 3 aromatic rings. The summed E-state index contributed by atoms with van der Waals surface area (Å²) in [6.45, 7) is 6.03. The van der Waals surface area contributed by atoms with Crippen molar-refractivity contribution in [2.24, 2.45) is 0 Å². The zero-order chi connectivity index (χ0) is 17.3. The maximum absolute atomic E-state index is 4.54. The van der Waals surface area contributed by atoms with Crippen LogP contribution in [-0.4, -0.2) is 35.6 Å². The van der Waals surface area contributed by atoms with E-state index in [-0.39, 0.29) is 0 Å². The first-order valence-corrected chi connectivity index (χ1v) is 8.31. The van der Waals surface area contributed by atoms with E-state index in [1.807, 2.05) is 6.33 Å². The molecule has 0 unspecified atom stereocenters. The number of anilines is 1. The van der Waals surface area contributed by atoms with Crippen LogP contribution in [0.3, 0.4) is 0 Å². The van der Waals surface area contributed by atoms with Gasteiger partial charge in [-0.05, 0) is 61.9 Å². The van der Waals surface area contributed by atoms with Gasteiger partial charge in [0.25, 0.3) is 0 Å². The lowest BCUT2D eigenvalue weighted by molar-refractivity contribution is 0.264. The van der Waals surface area contributed by atoms with Crippen molar-refractivity contribution in [3.8, 4) is 0 Å². The van der Waals surface area contributed by atoms with E-state index in [1.54, 1.807) is 0 Å². The minimum Gasteiger partial charge on any atom is -0.378 e. The highest BCUT2D eigenvalue weighted by atomic mass is 15.2. The number of fused-ring (bicyclic) bond motifs is 1. The van der Waals surface area contributed by atoms with Gasteiger partial charge in [0.1, 0.15) is 0 Å². The highest BCUT2D eigenvalue weighted by molar-refractivity contribution is 5.77. The molecule has 0 atom stereocenters. The number of aryl methyl sites for hydroxylation is 2. The number of hydrogen-bond acceptors (Lipinski definition) is 3. The molecule has 3 rings (SSSR count). The smallest absolute Gasteiger partial charge is 0.0969 e. The van der Waals surface area contributed by atoms with E-state index in [4.69, 9.17) is 0 Å². The van der Waals surface area contributed by atoms with Crippen molar-refractivity contribution in [3.63, 3.8) is 0 Å². The minimum atomic E-state index is 0.828. The third kappa shape index (κ3) is 3.44. The van der Waals surface area contributed by atoms with Crippen molar-refractivity contribution in [2.75, 3.05) is 26.0 Å². The van der Waals surface area contributed by atoms with Crippen molar-refractivity contribution < 1.29 is 0 Å². The zero-order valence-electron chi connectivity index (χ0n) is 15.2. The average Bonchev–Trinajstić information content (AvgIpc) is 2.90. The Morgan fingerprint density at radius 2 is 1.62 bits per heavy atom. The van der Waals surface area contributed by atoms with Crippen molar-refractivity contribution >= 4 is 16.7 Å². The van der Waals surface area contributed by atoms with Crippen LogP contribution in [0.4, 0.5) is 5.69 Å². The molecule has 0 bridgehead atoms. The topological polar surface area (TPSA) is 24.3 Å². The van der Waals surface area contributed by atoms with Gasteiger partial charge in [-0.2, -0.15) is 0 Å². The Balaban J connectivity index is 1.73. The predicted molar refractivity (Wildman–Crippen MR) is 101 cm³/mol. The van der Waals surface area contributed by atoms with E-state index in [0.29, 0.717) is 0 Å². The van der Waals surface area contributed by atoms with E-state index in [2.05, 4.69) is 90.7 Å². The predicted octanol–water partition coefficient (Wildman–Crippen LogP) is 3.81. The molecule has 126 valence electrons. The lowest BCUT2D eigenvalue weighted by Crippen LogP contribution is -2.21. The van der Waals surface area contributed by atoms with Crippen molar-refractivity contribution in [3.05, 3.63) is 59.4 Å². The molecule has 24 heavy (non-hydrogen) atoms. The number of hydrogen-bond donors (Lipinski definition) is 0. The second-order valence-corrected chi connectivity index (χ2v) is 6.86. The monoisotopic (exact) mass is 322 g/mol. The molecule has 0 amide bonds. The summed E-state index contributed by atoms with van der Waals surface area (Å²) in [5.74, 6) is 0. The highest BCUT2D eigenvalue weighted by Gasteiger charge is 2.08. The fraction of sp³-hybridized carbons (Fsp3) is 0.350. The standard InChI is InChI=1S/C20H26N4/c1-15-10-19-20(11-16(15)2)24(13-21-19)14-23(5)12-17-6-8-18(9-7-17)22(3)4/h6-11,13H,12,14H2,1-5H3. The van der Waals surface area contributed by atoms with E-state index in [1.165, 1.54) is 27.9 Å². The van der Waals surface area contributed by atoms with Crippen LogP contribution >= 0.6 is 0 Å². The molecule has 0 saturated heterocycles. The van der Waals surface area contributed by atoms with Gasteiger partial charge in [-0.15, -0.1) is 0 Å². The lowest BCUT2D eigenvalue weighted by Gasteiger charge is -2.19.